The van der Waals surface area contributed by atoms with Crippen LogP contribution in [0.4, 0.5) is 0 Å². The van der Waals surface area contributed by atoms with Crippen LogP contribution in [0.25, 0.3) is 12.2 Å². The standard InChI is InChI=1S/2C9H8.C7H10O2.C6H9NO2.2C3H8.2C2H6/c2*1-2-5-9-7-3-6-8(9)4-1;1-5-2-3-6(8)4-7(5)9;1-4-2-3-5(8)7-6(4)9;2*1-3-2;2*1-2/h2*1-6H,7H2;5H,2-4H2,1H3;4H,2-3H2,1H3,(H,7,8,9);2*3H2,1-2H3;2*1-2H3. The molecule has 2 aromatic rings. The highest BCUT2D eigenvalue weighted by molar-refractivity contribution is 6.02. The summed E-state index contributed by atoms with van der Waals surface area (Å²) in [5.74, 6) is 0.0964. The highest BCUT2D eigenvalue weighted by Crippen LogP contribution is 2.19. The van der Waals surface area contributed by atoms with E-state index in [1.165, 1.54) is 35.1 Å². The zero-order valence-corrected chi connectivity index (χ0v) is 30.6. The van der Waals surface area contributed by atoms with Gasteiger partial charge in [0.1, 0.15) is 11.6 Å². The zero-order chi connectivity index (χ0) is 35.3. The molecule has 1 saturated carbocycles. The Morgan fingerprint density at radius 2 is 1.04 bits per heavy atom. The van der Waals surface area contributed by atoms with Gasteiger partial charge in [-0.2, -0.15) is 0 Å². The smallest absolute Gasteiger partial charge is 0.229 e. The number of carbonyl (C=O) groups excluding carboxylic acids is 4. The Hall–Kier alpha value is -3.60. The summed E-state index contributed by atoms with van der Waals surface area (Å²) >= 11 is 0. The summed E-state index contributed by atoms with van der Waals surface area (Å²) < 4.78 is 0. The van der Waals surface area contributed by atoms with Gasteiger partial charge >= 0.3 is 0 Å². The van der Waals surface area contributed by atoms with E-state index < -0.39 is 0 Å². The predicted octanol–water partition coefficient (Wildman–Crippen LogP) is 10.4. The Labute approximate surface area is 281 Å². The summed E-state index contributed by atoms with van der Waals surface area (Å²) in [6, 6.07) is 17.0. The first kappa shape index (κ1) is 44.5. The summed E-state index contributed by atoms with van der Waals surface area (Å²) in [6.07, 6.45) is 16.2. The first-order chi connectivity index (χ1) is 22.2. The molecule has 3 aliphatic carbocycles. The highest BCUT2D eigenvalue weighted by Gasteiger charge is 2.22. The number of nitrogens with one attached hydrogen (secondary N) is 1. The van der Waals surface area contributed by atoms with Gasteiger partial charge in [-0.05, 0) is 47.9 Å². The van der Waals surface area contributed by atoms with Crippen molar-refractivity contribution in [3.8, 4) is 0 Å². The van der Waals surface area contributed by atoms with E-state index in [1.54, 1.807) is 0 Å². The largest absolute Gasteiger partial charge is 0.299 e. The third kappa shape index (κ3) is 19.7. The number of rotatable bonds is 0. The number of benzene rings is 2. The van der Waals surface area contributed by atoms with E-state index in [4.69, 9.17) is 0 Å². The SMILES string of the molecule is C1=Cc2ccccc2C1.C1=Cc2ccccc2C1.CC.CC.CC1CCC(=O)CC1=O.CC1CCC(=O)NC1=O.CCC.CCC. The molecule has 1 aliphatic heterocycles. The number of allylic oxidation sites excluding steroid dienone is 2. The van der Waals surface area contributed by atoms with Crippen LogP contribution in [-0.2, 0) is 32.0 Å². The molecule has 0 aromatic heterocycles. The van der Waals surface area contributed by atoms with Crippen molar-refractivity contribution in [2.45, 2.75) is 127 Å². The summed E-state index contributed by atoms with van der Waals surface area (Å²) in [5.41, 5.74) is 5.69. The normalized spacial score (nSPS) is 17.5. The van der Waals surface area contributed by atoms with Crippen LogP contribution in [0.3, 0.4) is 0 Å². The van der Waals surface area contributed by atoms with E-state index in [9.17, 15) is 19.2 Å². The van der Waals surface area contributed by atoms with Crippen molar-refractivity contribution in [1.82, 2.24) is 5.32 Å². The zero-order valence-electron chi connectivity index (χ0n) is 30.6. The molecule has 6 rings (SSSR count). The van der Waals surface area contributed by atoms with E-state index in [0.717, 1.165) is 19.3 Å². The monoisotopic (exact) mass is 633 g/mol. The van der Waals surface area contributed by atoms with Gasteiger partial charge in [-0.25, -0.2) is 0 Å². The van der Waals surface area contributed by atoms with Gasteiger partial charge in [-0.3, -0.25) is 24.5 Å². The number of imide groups is 1. The number of amides is 2. The lowest BCUT2D eigenvalue weighted by Gasteiger charge is -2.15. The highest BCUT2D eigenvalue weighted by atomic mass is 16.2. The maximum Gasteiger partial charge on any atom is 0.229 e. The molecule has 256 valence electrons. The molecule has 2 amide bonds. The average molecular weight is 634 g/mol. The van der Waals surface area contributed by atoms with E-state index in [2.05, 4.69) is 106 Å². The molecule has 1 N–H and O–H groups in total. The predicted molar refractivity (Wildman–Crippen MR) is 198 cm³/mol. The number of piperidine rings is 1. The number of hydrogen-bond donors (Lipinski definition) is 1. The van der Waals surface area contributed by atoms with Crippen LogP contribution in [-0.4, -0.2) is 23.4 Å². The van der Waals surface area contributed by atoms with Crippen molar-refractivity contribution in [1.29, 1.82) is 0 Å². The lowest BCUT2D eigenvalue weighted by molar-refractivity contribution is -0.136. The maximum absolute atomic E-state index is 10.8. The minimum absolute atomic E-state index is 0.0164. The fraction of sp³-hybridized carbons (Fsp3) is 0.512. The molecule has 4 aliphatic rings. The molecule has 0 spiro atoms. The van der Waals surface area contributed by atoms with Crippen molar-refractivity contribution in [3.05, 3.63) is 82.9 Å². The van der Waals surface area contributed by atoms with Crippen LogP contribution in [0.1, 0.15) is 136 Å². The van der Waals surface area contributed by atoms with Crippen LogP contribution in [0.2, 0.25) is 0 Å². The lowest BCUT2D eigenvalue weighted by Crippen LogP contribution is -2.39. The number of ketones is 2. The molecule has 5 heteroatoms. The van der Waals surface area contributed by atoms with Crippen molar-refractivity contribution in [3.63, 3.8) is 0 Å². The van der Waals surface area contributed by atoms with Crippen molar-refractivity contribution in [2.75, 3.05) is 0 Å². The van der Waals surface area contributed by atoms with Gasteiger partial charge < -0.3 is 0 Å². The van der Waals surface area contributed by atoms with Crippen molar-refractivity contribution >= 4 is 35.5 Å². The van der Waals surface area contributed by atoms with Crippen LogP contribution < -0.4 is 5.32 Å². The molecule has 1 saturated heterocycles. The Balaban J connectivity index is 0. The van der Waals surface area contributed by atoms with Crippen LogP contribution >= 0.6 is 0 Å². The van der Waals surface area contributed by atoms with E-state index >= 15 is 0 Å². The van der Waals surface area contributed by atoms with Gasteiger partial charge in [0.25, 0.3) is 0 Å². The van der Waals surface area contributed by atoms with Crippen LogP contribution in [0, 0.1) is 11.8 Å². The molecule has 0 bridgehead atoms. The topological polar surface area (TPSA) is 80.3 Å². The fourth-order valence-corrected chi connectivity index (χ4v) is 4.19. The third-order valence-corrected chi connectivity index (χ3v) is 6.67. The second-order valence-corrected chi connectivity index (χ2v) is 11.0. The minimum atomic E-state index is -0.141. The molecule has 2 atom stereocenters. The summed E-state index contributed by atoms with van der Waals surface area (Å²) in [6.45, 7) is 20.2. The van der Waals surface area contributed by atoms with E-state index in [1.807, 2.05) is 41.5 Å². The lowest BCUT2D eigenvalue weighted by atomic mass is 9.89. The second-order valence-electron chi connectivity index (χ2n) is 11.0. The van der Waals surface area contributed by atoms with E-state index in [0.29, 0.717) is 19.3 Å². The van der Waals surface area contributed by atoms with Gasteiger partial charge in [0.15, 0.2) is 0 Å². The van der Waals surface area contributed by atoms with Gasteiger partial charge in [0, 0.05) is 24.7 Å². The molecule has 2 aromatic carbocycles. The van der Waals surface area contributed by atoms with E-state index in [-0.39, 0.29) is 41.6 Å². The molecular formula is C41H63NO4. The fourth-order valence-electron chi connectivity index (χ4n) is 4.19. The average Bonchev–Trinajstić information content (AvgIpc) is 3.75. The van der Waals surface area contributed by atoms with Crippen molar-refractivity contribution in [2.24, 2.45) is 11.8 Å². The molecule has 46 heavy (non-hydrogen) atoms. The summed E-state index contributed by atoms with van der Waals surface area (Å²) in [4.78, 5) is 42.5. The first-order valence-electron chi connectivity index (χ1n) is 17.5. The Morgan fingerprint density at radius 1 is 0.630 bits per heavy atom. The number of Topliss-reactive ketones (excluding diaryl/α,β-unsaturated/α-hetero) is 2. The van der Waals surface area contributed by atoms with Crippen LogP contribution in [0.5, 0.6) is 0 Å². The third-order valence-electron chi connectivity index (χ3n) is 6.67. The maximum atomic E-state index is 10.8. The minimum Gasteiger partial charge on any atom is -0.299 e. The number of fused-ring (bicyclic) bond motifs is 2. The Bertz CT molecular complexity index is 1100. The van der Waals surface area contributed by atoms with Gasteiger partial charge in [0.05, 0.1) is 6.42 Å². The molecular weight excluding hydrogens is 570 g/mol. The van der Waals surface area contributed by atoms with Crippen molar-refractivity contribution < 1.29 is 19.2 Å². The van der Waals surface area contributed by atoms with Gasteiger partial charge in [-0.1, -0.05) is 155 Å². The quantitative estimate of drug-likeness (QED) is 0.231. The Morgan fingerprint density at radius 3 is 1.39 bits per heavy atom. The Kier molecular flexibility index (Phi) is 27.9. The van der Waals surface area contributed by atoms with Gasteiger partial charge in [-0.15, -0.1) is 0 Å². The molecule has 5 nitrogen and oxygen atoms in total. The number of hydrogen-bond acceptors (Lipinski definition) is 4. The number of carbonyl (C=O) groups is 4. The summed E-state index contributed by atoms with van der Waals surface area (Å²) in [5, 5.41) is 2.25. The second kappa shape index (κ2) is 28.8. The van der Waals surface area contributed by atoms with Crippen LogP contribution in [0.15, 0.2) is 60.7 Å². The first-order valence-corrected chi connectivity index (χ1v) is 17.5. The molecule has 2 fully saturated rings. The molecule has 2 unspecified atom stereocenters. The molecule has 0 radical (unpaired) electrons. The summed E-state index contributed by atoms with van der Waals surface area (Å²) in [7, 11) is 0. The van der Waals surface area contributed by atoms with Gasteiger partial charge in [0.2, 0.25) is 11.8 Å². The molecule has 1 heterocycles.